The van der Waals surface area contributed by atoms with Gasteiger partial charge in [0.25, 0.3) is 5.91 Å². The highest BCUT2D eigenvalue weighted by Crippen LogP contribution is 2.25. The van der Waals surface area contributed by atoms with Gasteiger partial charge in [-0.3, -0.25) is 9.69 Å². The van der Waals surface area contributed by atoms with Crippen LogP contribution in [0.25, 0.3) is 11.1 Å². The fourth-order valence-corrected chi connectivity index (χ4v) is 4.05. The van der Waals surface area contributed by atoms with Gasteiger partial charge >= 0.3 is 0 Å². The first-order valence-electron chi connectivity index (χ1n) is 10.5. The molecule has 0 aromatic heterocycles. The first-order valence-corrected chi connectivity index (χ1v) is 10.5. The summed E-state index contributed by atoms with van der Waals surface area (Å²) in [5, 5.41) is 3.23. The molecule has 0 unspecified atom stereocenters. The summed E-state index contributed by atoms with van der Waals surface area (Å²) >= 11 is 0. The molecule has 154 valence electrons. The van der Waals surface area contributed by atoms with E-state index in [1.165, 1.54) is 5.56 Å². The maximum absolute atomic E-state index is 13.0. The minimum atomic E-state index is -0.481. The van der Waals surface area contributed by atoms with Crippen molar-refractivity contribution in [1.82, 2.24) is 10.2 Å². The summed E-state index contributed by atoms with van der Waals surface area (Å²) < 4.78 is 12.8. The van der Waals surface area contributed by atoms with E-state index in [1.807, 2.05) is 42.5 Å². The molecule has 0 spiro atoms. The minimum absolute atomic E-state index is 0.0401. The number of alkyl halides is 1. The molecule has 0 saturated carbocycles. The lowest BCUT2D eigenvalue weighted by atomic mass is 9.97. The largest absolute Gasteiger partial charge is 0.349 e. The predicted octanol–water partition coefficient (Wildman–Crippen LogP) is 5.22. The van der Waals surface area contributed by atoms with E-state index in [0.29, 0.717) is 11.1 Å². The van der Waals surface area contributed by atoms with Gasteiger partial charge in [0.2, 0.25) is 0 Å². The maximum Gasteiger partial charge on any atom is 0.252 e. The van der Waals surface area contributed by atoms with Crippen molar-refractivity contribution in [3.05, 3.63) is 95.6 Å². The van der Waals surface area contributed by atoms with Gasteiger partial charge in [-0.15, -0.1) is 0 Å². The second-order valence-corrected chi connectivity index (χ2v) is 7.89. The van der Waals surface area contributed by atoms with Crippen LogP contribution in [-0.4, -0.2) is 29.9 Å². The Bertz CT molecular complexity index is 964. The van der Waals surface area contributed by atoms with Gasteiger partial charge in [0.15, 0.2) is 0 Å². The summed E-state index contributed by atoms with van der Waals surface area (Å²) in [6.07, 6.45) is 1.90. The van der Waals surface area contributed by atoms with Crippen LogP contribution in [0, 0.1) is 0 Å². The Kier molecular flexibility index (Phi) is 6.55. The lowest BCUT2D eigenvalue weighted by Crippen LogP contribution is -2.44. The molecule has 1 aliphatic rings. The first-order chi connectivity index (χ1) is 14.7. The normalized spacial score (nSPS) is 15.1. The smallest absolute Gasteiger partial charge is 0.252 e. The quantitative estimate of drug-likeness (QED) is 0.613. The Morgan fingerprint density at radius 1 is 0.867 bits per heavy atom. The molecule has 1 N–H and O–H groups in total. The molecule has 0 radical (unpaired) electrons. The monoisotopic (exact) mass is 402 g/mol. The third-order valence-corrected chi connectivity index (χ3v) is 5.76. The number of carbonyl (C=O) groups excluding carboxylic acids is 1. The zero-order chi connectivity index (χ0) is 20.8. The van der Waals surface area contributed by atoms with E-state index >= 15 is 0 Å². The summed E-state index contributed by atoms with van der Waals surface area (Å²) in [6, 6.07) is 25.6. The topological polar surface area (TPSA) is 32.3 Å². The zero-order valence-electron chi connectivity index (χ0n) is 17.1. The van der Waals surface area contributed by atoms with Crippen molar-refractivity contribution in [2.75, 3.05) is 13.1 Å². The fraction of sp³-hybridized carbons (Fsp3) is 0.269. The van der Waals surface area contributed by atoms with E-state index in [-0.39, 0.29) is 11.9 Å². The zero-order valence-corrected chi connectivity index (χ0v) is 17.1. The number of likely N-dealkylation sites (tertiary alicyclic amines) is 1. The highest BCUT2D eigenvalue weighted by Gasteiger charge is 2.22. The number of nitrogens with zero attached hydrogens (tertiary/aromatic N) is 1. The van der Waals surface area contributed by atoms with E-state index in [4.69, 9.17) is 0 Å². The molecule has 4 rings (SSSR count). The molecule has 3 aromatic rings. The number of hydrogen-bond acceptors (Lipinski definition) is 2. The number of amides is 1. The summed E-state index contributed by atoms with van der Waals surface area (Å²) in [4.78, 5) is 15.5. The van der Waals surface area contributed by atoms with Crippen LogP contribution in [0.4, 0.5) is 4.39 Å². The maximum atomic E-state index is 13.0. The number of piperidine rings is 1. The Balaban J connectivity index is 1.38. The van der Waals surface area contributed by atoms with Crippen molar-refractivity contribution in [3.63, 3.8) is 0 Å². The molecular weight excluding hydrogens is 375 g/mol. The van der Waals surface area contributed by atoms with Crippen molar-refractivity contribution in [1.29, 1.82) is 0 Å². The minimum Gasteiger partial charge on any atom is -0.349 e. The number of rotatable bonds is 6. The Labute approximate surface area is 177 Å². The second-order valence-electron chi connectivity index (χ2n) is 7.89. The van der Waals surface area contributed by atoms with Crippen molar-refractivity contribution in [2.24, 2.45) is 0 Å². The van der Waals surface area contributed by atoms with Crippen molar-refractivity contribution < 1.29 is 9.18 Å². The first kappa shape index (κ1) is 20.3. The molecule has 3 aromatic carbocycles. The number of carbonyl (C=O) groups is 1. The number of nitrogens with one attached hydrogen (secondary N) is 1. The van der Waals surface area contributed by atoms with Crippen LogP contribution in [0.1, 0.15) is 34.3 Å². The van der Waals surface area contributed by atoms with Crippen molar-refractivity contribution >= 4 is 5.91 Å². The number of hydrogen-bond donors (Lipinski definition) is 1. The average Bonchev–Trinajstić information content (AvgIpc) is 2.81. The highest BCUT2D eigenvalue weighted by atomic mass is 19.1. The lowest BCUT2D eigenvalue weighted by molar-refractivity contribution is 0.0909. The van der Waals surface area contributed by atoms with Crippen LogP contribution in [-0.2, 0) is 13.2 Å². The van der Waals surface area contributed by atoms with Crippen LogP contribution in [0.2, 0.25) is 0 Å². The molecule has 30 heavy (non-hydrogen) atoms. The standard InChI is InChI=1S/C26H27FN2O/c27-18-20-10-12-22(13-11-20)24-8-4-5-9-25(24)26(30)28-23-14-16-29(17-15-23)19-21-6-2-1-3-7-21/h1-13,23H,14-19H2,(H,28,30). The van der Waals surface area contributed by atoms with Gasteiger partial charge in [0.05, 0.1) is 0 Å². The molecule has 4 heteroatoms. The van der Waals surface area contributed by atoms with E-state index in [0.717, 1.165) is 43.6 Å². The predicted molar refractivity (Wildman–Crippen MR) is 119 cm³/mol. The lowest BCUT2D eigenvalue weighted by Gasteiger charge is -2.32. The summed E-state index contributed by atoms with van der Waals surface area (Å²) in [5.41, 5.74) is 4.44. The number of halogens is 1. The van der Waals surface area contributed by atoms with E-state index in [9.17, 15) is 9.18 Å². The van der Waals surface area contributed by atoms with Gasteiger partial charge in [-0.2, -0.15) is 0 Å². The molecule has 1 amide bonds. The SMILES string of the molecule is O=C(NC1CCN(Cc2ccccc2)CC1)c1ccccc1-c1ccc(CF)cc1. The Morgan fingerprint density at radius 2 is 1.53 bits per heavy atom. The van der Waals surface area contributed by atoms with Gasteiger partial charge in [0, 0.05) is 31.2 Å². The van der Waals surface area contributed by atoms with E-state index in [1.54, 1.807) is 12.1 Å². The summed E-state index contributed by atoms with van der Waals surface area (Å²) in [7, 11) is 0. The van der Waals surface area contributed by atoms with Gasteiger partial charge < -0.3 is 5.32 Å². The van der Waals surface area contributed by atoms with E-state index in [2.05, 4.69) is 34.5 Å². The molecule has 0 bridgehead atoms. The number of benzene rings is 3. The second kappa shape index (κ2) is 9.68. The fourth-order valence-electron chi connectivity index (χ4n) is 4.05. The van der Waals surface area contributed by atoms with Crippen LogP contribution < -0.4 is 5.32 Å². The molecule has 1 heterocycles. The van der Waals surface area contributed by atoms with Crippen molar-refractivity contribution in [2.45, 2.75) is 32.1 Å². The third-order valence-electron chi connectivity index (χ3n) is 5.76. The molecular formula is C26H27FN2O. The Morgan fingerprint density at radius 3 is 2.23 bits per heavy atom. The van der Waals surface area contributed by atoms with Crippen LogP contribution in [0.15, 0.2) is 78.9 Å². The molecule has 0 atom stereocenters. The van der Waals surface area contributed by atoms with Crippen LogP contribution in [0.5, 0.6) is 0 Å². The summed E-state index contributed by atoms with van der Waals surface area (Å²) in [6.45, 7) is 2.43. The third kappa shape index (κ3) is 4.95. The molecule has 3 nitrogen and oxygen atoms in total. The van der Waals surface area contributed by atoms with Gasteiger partial charge in [-0.25, -0.2) is 4.39 Å². The van der Waals surface area contributed by atoms with Crippen LogP contribution in [0.3, 0.4) is 0 Å². The van der Waals surface area contributed by atoms with Gasteiger partial charge in [-0.05, 0) is 41.2 Å². The van der Waals surface area contributed by atoms with Crippen molar-refractivity contribution in [3.8, 4) is 11.1 Å². The molecule has 1 aliphatic heterocycles. The highest BCUT2D eigenvalue weighted by molar-refractivity contribution is 6.01. The van der Waals surface area contributed by atoms with Crippen LogP contribution >= 0.6 is 0 Å². The molecule has 1 fully saturated rings. The molecule has 0 aliphatic carbocycles. The molecule has 1 saturated heterocycles. The van der Waals surface area contributed by atoms with Gasteiger partial charge in [0.1, 0.15) is 6.67 Å². The summed E-state index contributed by atoms with van der Waals surface area (Å²) in [5.74, 6) is -0.0401. The Hall–Kier alpha value is -2.98. The van der Waals surface area contributed by atoms with E-state index < -0.39 is 6.67 Å². The van der Waals surface area contributed by atoms with Gasteiger partial charge in [-0.1, -0.05) is 72.8 Å². The average molecular weight is 403 g/mol.